The van der Waals surface area contributed by atoms with E-state index in [0.29, 0.717) is 47.7 Å². The molecule has 1 saturated carbocycles. The molecule has 3 aromatic rings. The van der Waals surface area contributed by atoms with E-state index >= 15 is 0 Å². The molecule has 1 aliphatic carbocycles. The summed E-state index contributed by atoms with van der Waals surface area (Å²) in [6.45, 7) is 7.22. The van der Waals surface area contributed by atoms with Crippen LogP contribution in [0.1, 0.15) is 49.3 Å². The topological polar surface area (TPSA) is 101 Å². The maximum absolute atomic E-state index is 13.0. The number of pyridine rings is 1. The predicted octanol–water partition coefficient (Wildman–Crippen LogP) is 4.69. The number of hydrogen-bond donors (Lipinski definition) is 2. The zero-order valence-corrected chi connectivity index (χ0v) is 21.5. The molecule has 1 amide bonds. The van der Waals surface area contributed by atoms with Crippen molar-refractivity contribution in [2.75, 3.05) is 32.8 Å². The van der Waals surface area contributed by atoms with Gasteiger partial charge < -0.3 is 19.9 Å². The van der Waals surface area contributed by atoms with Crippen molar-refractivity contribution in [2.24, 2.45) is 5.92 Å². The van der Waals surface area contributed by atoms with E-state index in [1.807, 2.05) is 50.2 Å². The van der Waals surface area contributed by atoms with Crippen molar-refractivity contribution in [3.63, 3.8) is 0 Å². The third-order valence-corrected chi connectivity index (χ3v) is 6.68. The fourth-order valence-corrected chi connectivity index (χ4v) is 4.41. The molecule has 2 heterocycles. The molecule has 0 radical (unpaired) electrons. The van der Waals surface area contributed by atoms with Crippen molar-refractivity contribution in [1.29, 1.82) is 0 Å². The fourth-order valence-electron chi connectivity index (χ4n) is 4.41. The Morgan fingerprint density at radius 2 is 1.78 bits per heavy atom. The van der Waals surface area contributed by atoms with Crippen molar-refractivity contribution < 1.29 is 24.2 Å². The molecule has 2 N–H and O–H groups in total. The number of rotatable bonds is 8. The van der Waals surface area contributed by atoms with Gasteiger partial charge in [0.25, 0.3) is 5.91 Å². The summed E-state index contributed by atoms with van der Waals surface area (Å²) >= 11 is 0. The van der Waals surface area contributed by atoms with Crippen molar-refractivity contribution in [2.45, 2.75) is 39.7 Å². The highest BCUT2D eigenvalue weighted by molar-refractivity contribution is 6.03. The zero-order valence-electron chi connectivity index (χ0n) is 21.5. The van der Waals surface area contributed by atoms with Gasteiger partial charge in [0.1, 0.15) is 11.5 Å². The summed E-state index contributed by atoms with van der Waals surface area (Å²) in [6.07, 6.45) is 2.81. The van der Waals surface area contributed by atoms with Gasteiger partial charge in [-0.2, -0.15) is 0 Å². The number of fused-ring (bicyclic) bond motifs is 1. The van der Waals surface area contributed by atoms with Crippen LogP contribution < -0.4 is 10.1 Å². The van der Waals surface area contributed by atoms with Crippen LogP contribution in [0.5, 0.6) is 17.2 Å². The Labute approximate surface area is 217 Å². The molecule has 0 unspecified atom stereocenters. The van der Waals surface area contributed by atoms with Gasteiger partial charge in [-0.3, -0.25) is 14.5 Å². The average Bonchev–Trinajstić information content (AvgIpc) is 2.90. The maximum atomic E-state index is 13.0. The van der Waals surface area contributed by atoms with E-state index < -0.39 is 5.91 Å². The van der Waals surface area contributed by atoms with E-state index in [0.717, 1.165) is 32.4 Å². The number of ketones is 1. The zero-order chi connectivity index (χ0) is 26.2. The van der Waals surface area contributed by atoms with E-state index in [1.54, 1.807) is 12.1 Å². The molecular weight excluding hydrogens is 470 g/mol. The van der Waals surface area contributed by atoms with E-state index in [4.69, 9.17) is 9.47 Å². The number of ether oxygens (including phenoxy) is 2. The Kier molecular flexibility index (Phi) is 9.09. The molecule has 8 heteroatoms. The van der Waals surface area contributed by atoms with Crippen molar-refractivity contribution in [3.05, 3.63) is 59.9 Å². The van der Waals surface area contributed by atoms with Gasteiger partial charge in [-0.25, -0.2) is 4.98 Å². The number of benzene rings is 2. The molecule has 0 bridgehead atoms. The Morgan fingerprint density at radius 3 is 2.46 bits per heavy atom. The lowest BCUT2D eigenvalue weighted by Crippen LogP contribution is -2.37. The Bertz CT molecular complexity index is 1220. The standard InChI is InChI=1S/C27H29N3O5.C2H6/c31-24(18-5-4-6-18)16-28-27(33)25-26(32)21-10-9-20(35-19-7-2-1-3-8-19)15-22(21)23(29-25)17-30-11-13-34-14-12-30;1-2/h1-3,7-10,15,18,32H,4-6,11-14,16-17H2,(H,28,33);1-2H3. The van der Waals surface area contributed by atoms with E-state index in [1.165, 1.54) is 0 Å². The molecule has 1 saturated heterocycles. The van der Waals surface area contributed by atoms with Crippen molar-refractivity contribution in [3.8, 4) is 17.2 Å². The lowest BCUT2D eigenvalue weighted by Gasteiger charge is -2.27. The normalized spacial score (nSPS) is 15.8. The lowest BCUT2D eigenvalue weighted by molar-refractivity contribution is -0.124. The Morgan fingerprint density at radius 1 is 1.05 bits per heavy atom. The fraction of sp³-hybridized carbons (Fsp3) is 0.414. The van der Waals surface area contributed by atoms with E-state index in [2.05, 4.69) is 15.2 Å². The number of nitrogens with zero attached hydrogens (tertiary/aromatic N) is 2. The lowest BCUT2D eigenvalue weighted by atomic mass is 9.82. The number of aromatic nitrogens is 1. The van der Waals surface area contributed by atoms with Crippen LogP contribution in [0.4, 0.5) is 0 Å². The second-order valence-electron chi connectivity index (χ2n) is 9.04. The first-order chi connectivity index (χ1) is 18.1. The van der Waals surface area contributed by atoms with Crippen LogP contribution >= 0.6 is 0 Å². The van der Waals surface area contributed by atoms with Crippen molar-refractivity contribution >= 4 is 22.5 Å². The number of nitrogens with one attached hydrogen (secondary N) is 1. The first-order valence-electron chi connectivity index (χ1n) is 13.1. The number of carbonyl (C=O) groups excluding carboxylic acids is 2. The predicted molar refractivity (Wildman–Crippen MR) is 142 cm³/mol. The first kappa shape index (κ1) is 26.6. The summed E-state index contributed by atoms with van der Waals surface area (Å²) in [7, 11) is 0. The molecule has 2 aliphatic rings. The Hall–Kier alpha value is -3.49. The number of amides is 1. The molecule has 0 atom stereocenters. The minimum absolute atomic E-state index is 0.0288. The molecule has 8 nitrogen and oxygen atoms in total. The van der Waals surface area contributed by atoms with Crippen LogP contribution in [-0.2, 0) is 16.1 Å². The highest BCUT2D eigenvalue weighted by atomic mass is 16.5. The summed E-state index contributed by atoms with van der Waals surface area (Å²) in [5.41, 5.74) is 0.590. The summed E-state index contributed by atoms with van der Waals surface area (Å²) in [4.78, 5) is 32.0. The minimum Gasteiger partial charge on any atom is -0.505 e. The Balaban J connectivity index is 0.00000156. The smallest absolute Gasteiger partial charge is 0.274 e. The van der Waals surface area contributed by atoms with E-state index in [-0.39, 0.29) is 29.7 Å². The van der Waals surface area contributed by atoms with Crippen LogP contribution in [0.15, 0.2) is 48.5 Å². The highest BCUT2D eigenvalue weighted by Gasteiger charge is 2.26. The first-order valence-corrected chi connectivity index (χ1v) is 13.1. The van der Waals surface area contributed by atoms with Gasteiger partial charge in [0, 0.05) is 36.3 Å². The second kappa shape index (κ2) is 12.7. The van der Waals surface area contributed by atoms with Gasteiger partial charge in [-0.15, -0.1) is 0 Å². The number of carbonyl (C=O) groups is 2. The minimum atomic E-state index is -0.551. The number of para-hydroxylation sites is 1. The van der Waals surface area contributed by atoms with E-state index in [9.17, 15) is 14.7 Å². The molecule has 2 aromatic carbocycles. The number of aromatic hydroxyl groups is 1. The van der Waals surface area contributed by atoms with Gasteiger partial charge in [0.05, 0.1) is 25.5 Å². The summed E-state index contributed by atoms with van der Waals surface area (Å²) in [5, 5.41) is 14.9. The van der Waals surface area contributed by atoms with Gasteiger partial charge in [-0.05, 0) is 43.2 Å². The van der Waals surface area contributed by atoms with Gasteiger partial charge in [0.15, 0.2) is 17.2 Å². The van der Waals surface area contributed by atoms with Crippen LogP contribution in [0, 0.1) is 5.92 Å². The molecular formula is C29H35N3O5. The van der Waals surface area contributed by atoms with Crippen LogP contribution in [0.25, 0.3) is 10.8 Å². The average molecular weight is 506 g/mol. The number of morpholine rings is 1. The maximum Gasteiger partial charge on any atom is 0.274 e. The number of hydrogen-bond acceptors (Lipinski definition) is 7. The molecule has 37 heavy (non-hydrogen) atoms. The second-order valence-corrected chi connectivity index (χ2v) is 9.04. The monoisotopic (exact) mass is 505 g/mol. The molecule has 0 spiro atoms. The molecule has 2 fully saturated rings. The SMILES string of the molecule is CC.O=C(NCC(=O)C1CCC1)c1nc(CN2CCOCC2)c2cc(Oc3ccccc3)ccc2c1O. The third kappa shape index (κ3) is 6.45. The van der Waals surface area contributed by atoms with Crippen molar-refractivity contribution in [1.82, 2.24) is 15.2 Å². The summed E-state index contributed by atoms with van der Waals surface area (Å²) in [6, 6.07) is 14.8. The summed E-state index contributed by atoms with van der Waals surface area (Å²) < 4.78 is 11.5. The molecule has 1 aromatic heterocycles. The molecule has 1 aliphatic heterocycles. The quantitative estimate of drug-likeness (QED) is 0.458. The molecule has 196 valence electrons. The number of Topliss-reactive ketones (excluding diaryl/α,β-unsaturated/α-hetero) is 1. The third-order valence-electron chi connectivity index (χ3n) is 6.68. The highest BCUT2D eigenvalue weighted by Crippen LogP contribution is 2.34. The summed E-state index contributed by atoms with van der Waals surface area (Å²) in [5.74, 6) is 0.618. The molecule has 5 rings (SSSR count). The van der Waals surface area contributed by atoms with Crippen LogP contribution in [0.2, 0.25) is 0 Å². The van der Waals surface area contributed by atoms with Crippen LogP contribution in [-0.4, -0.2) is 59.5 Å². The largest absolute Gasteiger partial charge is 0.505 e. The van der Waals surface area contributed by atoms with Gasteiger partial charge in [0.2, 0.25) is 0 Å². The van der Waals surface area contributed by atoms with Crippen LogP contribution in [0.3, 0.4) is 0 Å². The van der Waals surface area contributed by atoms with Gasteiger partial charge in [-0.1, -0.05) is 38.5 Å². The van der Waals surface area contributed by atoms with Gasteiger partial charge >= 0.3 is 0 Å².